The number of hydrogen-bond donors (Lipinski definition) is 3. The van der Waals surface area contributed by atoms with E-state index in [0.717, 1.165) is 30.7 Å². The molecule has 1 saturated heterocycles. The maximum atomic E-state index is 12.7. The lowest BCUT2D eigenvalue weighted by molar-refractivity contribution is -0.0524. The molecule has 5 nitrogen and oxygen atoms in total. The Labute approximate surface area is 172 Å². The van der Waals surface area contributed by atoms with E-state index in [1.807, 2.05) is 0 Å². The van der Waals surface area contributed by atoms with Crippen molar-refractivity contribution in [1.82, 2.24) is 5.32 Å². The minimum absolute atomic E-state index is 0.193. The van der Waals surface area contributed by atoms with E-state index in [4.69, 9.17) is 10.2 Å². The number of aliphatic hydroxyl groups is 1. The maximum absolute atomic E-state index is 12.7. The molecule has 0 aromatic heterocycles. The highest BCUT2D eigenvalue weighted by molar-refractivity contribution is 5.97. The molecule has 4 saturated carbocycles. The number of carboxylic acids is 1. The van der Waals surface area contributed by atoms with Gasteiger partial charge >= 0.3 is 5.97 Å². The third-order valence-corrected chi connectivity index (χ3v) is 7.54. The number of ketones is 1. The molecule has 1 atom stereocenters. The van der Waals surface area contributed by atoms with Gasteiger partial charge in [-0.1, -0.05) is 12.1 Å². The molecule has 0 amide bonds. The summed E-state index contributed by atoms with van der Waals surface area (Å²) in [6.07, 6.45) is 10.9. The average Bonchev–Trinajstić information content (AvgIpc) is 3.21. The lowest BCUT2D eigenvalue weighted by Crippen LogP contribution is -2.46. The van der Waals surface area contributed by atoms with Crippen LogP contribution in [0.5, 0.6) is 0 Å². The largest absolute Gasteiger partial charge is 0.478 e. The lowest BCUT2D eigenvalue weighted by Gasteiger charge is -2.56. The number of nitrogens with one attached hydrogen (secondary N) is 1. The van der Waals surface area contributed by atoms with Crippen LogP contribution in [0.25, 0.3) is 0 Å². The van der Waals surface area contributed by atoms with Crippen molar-refractivity contribution >= 4 is 11.8 Å². The quantitative estimate of drug-likeness (QED) is 0.654. The molecule has 0 spiro atoms. The fourth-order valence-electron chi connectivity index (χ4n) is 6.66. The zero-order valence-electron chi connectivity index (χ0n) is 17.1. The number of aliphatic hydroxyl groups excluding tert-OH is 1. The Hall–Kier alpha value is -1.72. The van der Waals surface area contributed by atoms with Gasteiger partial charge in [0.25, 0.3) is 0 Å². The van der Waals surface area contributed by atoms with Gasteiger partial charge in [0, 0.05) is 18.0 Å². The highest BCUT2D eigenvalue weighted by Crippen LogP contribution is 2.61. The summed E-state index contributed by atoms with van der Waals surface area (Å²) in [6, 6.07) is 6.82. The van der Waals surface area contributed by atoms with Crippen LogP contribution in [-0.2, 0) is 0 Å². The van der Waals surface area contributed by atoms with Gasteiger partial charge in [-0.15, -0.1) is 0 Å². The smallest absolute Gasteiger partial charge is 0.335 e. The van der Waals surface area contributed by atoms with Crippen molar-refractivity contribution in [3.8, 4) is 0 Å². The van der Waals surface area contributed by atoms with Gasteiger partial charge in [0.2, 0.25) is 0 Å². The highest BCUT2D eigenvalue weighted by atomic mass is 16.4. The fraction of sp³-hybridized carbons (Fsp3) is 0.667. The molecule has 6 rings (SSSR count). The second-order valence-electron chi connectivity index (χ2n) is 9.88. The molecule has 5 fully saturated rings. The molecule has 29 heavy (non-hydrogen) atoms. The van der Waals surface area contributed by atoms with Gasteiger partial charge < -0.3 is 15.5 Å². The lowest BCUT2D eigenvalue weighted by atomic mass is 9.48. The van der Waals surface area contributed by atoms with Gasteiger partial charge in [-0.05, 0) is 93.2 Å². The predicted molar refractivity (Wildman–Crippen MR) is 111 cm³/mol. The predicted octanol–water partition coefficient (Wildman–Crippen LogP) is 3.90. The van der Waals surface area contributed by atoms with Gasteiger partial charge in [0.1, 0.15) is 0 Å². The number of benzene rings is 1. The van der Waals surface area contributed by atoms with E-state index >= 15 is 0 Å². The summed E-state index contributed by atoms with van der Waals surface area (Å²) < 4.78 is 0. The van der Waals surface area contributed by atoms with Crippen molar-refractivity contribution in [2.75, 3.05) is 13.2 Å². The van der Waals surface area contributed by atoms with Crippen LogP contribution in [0.3, 0.4) is 0 Å². The molecule has 3 N–H and O–H groups in total. The van der Waals surface area contributed by atoms with Crippen LogP contribution in [0, 0.1) is 23.2 Å². The summed E-state index contributed by atoms with van der Waals surface area (Å²) in [5.74, 6) is 1.81. The van der Waals surface area contributed by atoms with E-state index in [9.17, 15) is 9.59 Å². The fourth-order valence-corrected chi connectivity index (χ4v) is 6.66. The standard InChI is InChI=1S/C19H22O3.C5H11NO/c20-17(15-1-3-16(4-2-15)18(21)22)11-19-8-12-5-13(9-19)7-14(6-12)10-19;7-4-5-2-1-3-6-5/h1-4,12-14H,5-11H2,(H,21,22);5-7H,1-4H2/t;5-/m.0/s1. The molecule has 1 aliphatic heterocycles. The zero-order valence-corrected chi connectivity index (χ0v) is 17.1. The Kier molecular flexibility index (Phi) is 6.07. The van der Waals surface area contributed by atoms with Crippen molar-refractivity contribution in [2.24, 2.45) is 23.2 Å². The van der Waals surface area contributed by atoms with E-state index in [1.165, 1.54) is 57.1 Å². The van der Waals surface area contributed by atoms with Crippen LogP contribution in [0.2, 0.25) is 0 Å². The number of carbonyl (C=O) groups excluding carboxylic acids is 1. The van der Waals surface area contributed by atoms with Crippen molar-refractivity contribution in [2.45, 2.75) is 63.8 Å². The SMILES string of the molecule is O=C(O)c1ccc(C(=O)CC23CC4CC(CC(C4)C2)C3)cc1.OC[C@@H]1CCCN1. The monoisotopic (exact) mass is 399 g/mol. The molecule has 5 heteroatoms. The molecular formula is C24H33NO4. The van der Waals surface area contributed by atoms with Crippen molar-refractivity contribution in [3.05, 3.63) is 35.4 Å². The molecule has 1 aromatic carbocycles. The summed E-state index contributed by atoms with van der Waals surface area (Å²) >= 11 is 0. The molecule has 0 unspecified atom stereocenters. The number of hydrogen-bond acceptors (Lipinski definition) is 4. The number of rotatable bonds is 5. The Bertz CT molecular complexity index is 700. The molecular weight excluding hydrogens is 366 g/mol. The summed E-state index contributed by atoms with van der Waals surface area (Å²) in [4.78, 5) is 23.6. The number of carboxylic acid groups (broad SMARTS) is 1. The molecule has 1 heterocycles. The van der Waals surface area contributed by atoms with E-state index in [-0.39, 0.29) is 16.8 Å². The molecule has 1 aromatic rings. The molecule has 0 radical (unpaired) electrons. The third-order valence-electron chi connectivity index (χ3n) is 7.54. The molecule has 158 valence electrons. The van der Waals surface area contributed by atoms with Crippen molar-refractivity contribution in [3.63, 3.8) is 0 Å². The van der Waals surface area contributed by atoms with Crippen LogP contribution < -0.4 is 5.32 Å². The van der Waals surface area contributed by atoms with Gasteiger partial charge in [-0.3, -0.25) is 4.79 Å². The van der Waals surface area contributed by atoms with Crippen molar-refractivity contribution in [1.29, 1.82) is 0 Å². The van der Waals surface area contributed by atoms with Crippen LogP contribution in [0.1, 0.15) is 78.5 Å². The normalized spacial score (nSPS) is 34.5. The number of aromatic carboxylic acids is 1. The van der Waals surface area contributed by atoms with Crippen LogP contribution in [-0.4, -0.2) is 41.2 Å². The molecule has 4 aliphatic carbocycles. The van der Waals surface area contributed by atoms with Gasteiger partial charge in [-0.2, -0.15) is 0 Å². The van der Waals surface area contributed by atoms with Gasteiger partial charge in [-0.25, -0.2) is 4.79 Å². The Morgan fingerprint density at radius 3 is 1.93 bits per heavy atom. The Morgan fingerprint density at radius 1 is 0.966 bits per heavy atom. The summed E-state index contributed by atoms with van der Waals surface area (Å²) in [5.41, 5.74) is 1.16. The second-order valence-corrected chi connectivity index (χ2v) is 9.88. The summed E-state index contributed by atoms with van der Waals surface area (Å²) in [5, 5.41) is 20.6. The highest BCUT2D eigenvalue weighted by Gasteiger charge is 2.51. The first-order valence-corrected chi connectivity index (χ1v) is 11.2. The second kappa shape index (κ2) is 8.57. The first-order chi connectivity index (χ1) is 14.0. The first kappa shape index (κ1) is 20.5. The minimum atomic E-state index is -0.944. The summed E-state index contributed by atoms with van der Waals surface area (Å²) in [6.45, 7) is 1.39. The topological polar surface area (TPSA) is 86.6 Å². The Morgan fingerprint density at radius 2 is 1.52 bits per heavy atom. The van der Waals surface area contributed by atoms with E-state index in [0.29, 0.717) is 24.6 Å². The number of Topliss-reactive ketones (excluding diaryl/α,β-unsaturated/α-hetero) is 1. The maximum Gasteiger partial charge on any atom is 0.335 e. The summed E-state index contributed by atoms with van der Waals surface area (Å²) in [7, 11) is 0. The van der Waals surface area contributed by atoms with Crippen LogP contribution in [0.15, 0.2) is 24.3 Å². The average molecular weight is 400 g/mol. The van der Waals surface area contributed by atoms with E-state index < -0.39 is 5.97 Å². The van der Waals surface area contributed by atoms with Gasteiger partial charge in [0.15, 0.2) is 5.78 Å². The zero-order chi connectivity index (χ0) is 20.4. The van der Waals surface area contributed by atoms with Gasteiger partial charge in [0.05, 0.1) is 12.2 Å². The number of carbonyl (C=O) groups is 2. The third kappa shape index (κ3) is 4.72. The van der Waals surface area contributed by atoms with Crippen molar-refractivity contribution < 1.29 is 19.8 Å². The van der Waals surface area contributed by atoms with Crippen LogP contribution in [0.4, 0.5) is 0 Å². The molecule has 5 aliphatic rings. The first-order valence-electron chi connectivity index (χ1n) is 11.2. The van der Waals surface area contributed by atoms with Crippen LogP contribution >= 0.6 is 0 Å². The minimum Gasteiger partial charge on any atom is -0.478 e. The van der Waals surface area contributed by atoms with E-state index in [1.54, 1.807) is 12.1 Å². The molecule has 4 bridgehead atoms. The Balaban J connectivity index is 0.000000249. The van der Waals surface area contributed by atoms with E-state index in [2.05, 4.69) is 5.32 Å².